The van der Waals surface area contributed by atoms with Crippen molar-refractivity contribution in [2.45, 2.75) is 39.0 Å². The van der Waals surface area contributed by atoms with Crippen molar-refractivity contribution in [2.75, 3.05) is 0 Å². The van der Waals surface area contributed by atoms with Gasteiger partial charge in [0.1, 0.15) is 0 Å². The molecule has 3 aromatic rings. The van der Waals surface area contributed by atoms with Gasteiger partial charge in [-0.15, -0.1) is 0 Å². The first kappa shape index (κ1) is 27.4. The van der Waals surface area contributed by atoms with E-state index in [2.05, 4.69) is 0 Å². The van der Waals surface area contributed by atoms with E-state index in [1.807, 2.05) is 0 Å². The molecule has 0 aliphatic rings. The molecule has 0 spiro atoms. The summed E-state index contributed by atoms with van der Waals surface area (Å²) in [6, 6.07) is 12.2. The molecular weight excluding hydrogens is 505 g/mol. The van der Waals surface area contributed by atoms with Crippen molar-refractivity contribution in [1.29, 1.82) is 0 Å². The molecule has 3 nitrogen and oxygen atoms in total. The summed E-state index contributed by atoms with van der Waals surface area (Å²) in [5, 5.41) is -0.165. The van der Waals surface area contributed by atoms with E-state index in [1.54, 1.807) is 44.2 Å². The van der Waals surface area contributed by atoms with Crippen molar-refractivity contribution < 1.29 is 40.5 Å². The first-order valence-electron chi connectivity index (χ1n) is 10.9. The van der Waals surface area contributed by atoms with Gasteiger partial charge >= 0.3 is 12.4 Å². The lowest BCUT2D eigenvalue weighted by atomic mass is 9.94. The third-order valence-electron chi connectivity index (χ3n) is 5.75. The number of carbonyl (C=O) groups excluding carboxylic acids is 2. The zero-order valence-corrected chi connectivity index (χ0v) is 20.2. The lowest BCUT2D eigenvalue weighted by molar-refractivity contribution is -0.143. The van der Waals surface area contributed by atoms with Crippen molar-refractivity contribution in [1.82, 2.24) is 0 Å². The quantitative estimate of drug-likeness (QED) is 0.187. The summed E-state index contributed by atoms with van der Waals surface area (Å²) in [7, 11) is -3.92. The Balaban J connectivity index is 2.27. The van der Waals surface area contributed by atoms with E-state index in [4.69, 9.17) is 0 Å². The third-order valence-corrected chi connectivity index (χ3v) is 7.49. The average molecular weight is 526 g/mol. The molecule has 190 valence electrons. The molecule has 0 aliphatic carbocycles. The molecule has 0 radical (unpaired) electrons. The van der Waals surface area contributed by atoms with Crippen LogP contribution < -0.4 is 5.30 Å². The fraction of sp³-hybridized carbons (Fsp3) is 0.231. The molecule has 0 N–H and O–H groups in total. The molecule has 3 aromatic carbocycles. The highest BCUT2D eigenvalue weighted by atomic mass is 31.1. The maximum atomic E-state index is 13.6. The highest BCUT2D eigenvalue weighted by Gasteiger charge is 2.44. The molecule has 36 heavy (non-hydrogen) atoms. The number of aryl methyl sites for hydroxylation is 1. The Hall–Kier alpha value is -3.19. The number of benzene rings is 3. The minimum Gasteiger partial charge on any atom is -0.313 e. The Kier molecular flexibility index (Phi) is 7.94. The molecule has 0 bridgehead atoms. The van der Waals surface area contributed by atoms with Gasteiger partial charge < -0.3 is 4.57 Å². The largest absolute Gasteiger partial charge is 0.417 e. The van der Waals surface area contributed by atoms with Gasteiger partial charge in [0.05, 0.1) is 11.1 Å². The van der Waals surface area contributed by atoms with Crippen molar-refractivity contribution in [2.24, 2.45) is 0 Å². The molecule has 1 atom stereocenters. The zero-order valence-electron chi connectivity index (χ0n) is 19.2. The van der Waals surface area contributed by atoms with E-state index in [9.17, 15) is 40.5 Å². The minimum atomic E-state index is -5.29. The van der Waals surface area contributed by atoms with Crippen LogP contribution >= 0.6 is 7.80 Å². The summed E-state index contributed by atoms with van der Waals surface area (Å²) in [5.74, 6) is -0.467. The summed E-state index contributed by atoms with van der Waals surface area (Å²) in [5.41, 5.74) is -6.21. The molecule has 0 fully saturated rings. The normalized spacial score (nSPS) is 12.9. The van der Waals surface area contributed by atoms with Crippen molar-refractivity contribution >= 4 is 24.4 Å². The van der Waals surface area contributed by atoms with E-state index in [0.29, 0.717) is 23.8 Å². The molecule has 0 aromatic heterocycles. The molecule has 10 heteroatoms. The first-order valence-corrected chi connectivity index (χ1v) is 12.3. The van der Waals surface area contributed by atoms with Gasteiger partial charge in [0, 0.05) is 22.0 Å². The van der Waals surface area contributed by atoms with Gasteiger partial charge in [-0.3, -0.25) is 9.59 Å². The van der Waals surface area contributed by atoms with Crippen molar-refractivity contribution in [3.05, 3.63) is 99.6 Å². The first-order chi connectivity index (χ1) is 16.8. The number of alkyl halides is 6. The Bertz CT molecular complexity index is 1300. The number of rotatable bonds is 7. The van der Waals surface area contributed by atoms with Crippen LogP contribution in [0.3, 0.4) is 0 Å². The van der Waals surface area contributed by atoms with Crippen LogP contribution in [0.15, 0.2) is 60.7 Å². The zero-order chi connectivity index (χ0) is 26.8. The lowest BCUT2D eigenvalue weighted by Gasteiger charge is -2.20. The molecule has 0 saturated heterocycles. The van der Waals surface area contributed by atoms with Gasteiger partial charge in [-0.2, -0.15) is 26.3 Å². The highest BCUT2D eigenvalue weighted by molar-refractivity contribution is 7.71. The monoisotopic (exact) mass is 526 g/mol. The summed E-state index contributed by atoms with van der Waals surface area (Å²) >= 11 is 0. The molecular formula is C26H21F6O3P. The van der Waals surface area contributed by atoms with Crippen LogP contribution in [0.5, 0.6) is 0 Å². The van der Waals surface area contributed by atoms with Crippen LogP contribution in [0.2, 0.25) is 0 Å². The fourth-order valence-electron chi connectivity index (χ4n) is 4.10. The van der Waals surface area contributed by atoms with Gasteiger partial charge in [0.25, 0.3) is 0 Å². The van der Waals surface area contributed by atoms with E-state index >= 15 is 0 Å². The van der Waals surface area contributed by atoms with Crippen molar-refractivity contribution in [3.8, 4) is 0 Å². The topological polar surface area (TPSA) is 51.2 Å². The summed E-state index contributed by atoms with van der Waals surface area (Å²) < 4.78 is 95.4. The SMILES string of the molecule is CCc1ccc(C(=O)c2ccccc2)c(CC)c1[PH](=O)C(=O)c1c(C(F)(F)F)cccc1C(F)(F)F. The van der Waals surface area contributed by atoms with Crippen LogP contribution in [0.1, 0.15) is 62.4 Å². The van der Waals surface area contributed by atoms with Crippen LogP contribution in [-0.4, -0.2) is 11.3 Å². The Labute approximate surface area is 203 Å². The van der Waals surface area contributed by atoms with Crippen molar-refractivity contribution in [3.63, 3.8) is 0 Å². The molecule has 1 unspecified atom stereocenters. The maximum absolute atomic E-state index is 13.6. The Morgan fingerprint density at radius 3 is 1.78 bits per heavy atom. The fourth-order valence-corrected chi connectivity index (χ4v) is 5.96. The molecule has 0 aliphatic heterocycles. The van der Waals surface area contributed by atoms with Crippen LogP contribution in [0, 0.1) is 0 Å². The molecule has 0 saturated carbocycles. The van der Waals surface area contributed by atoms with E-state index in [-0.39, 0.29) is 34.8 Å². The van der Waals surface area contributed by atoms with Gasteiger partial charge in [0.2, 0.25) is 5.52 Å². The summed E-state index contributed by atoms with van der Waals surface area (Å²) in [4.78, 5) is 26.4. The van der Waals surface area contributed by atoms with Gasteiger partial charge in [-0.05, 0) is 36.1 Å². The number of hydrogen-bond donors (Lipinski definition) is 0. The van der Waals surface area contributed by atoms with E-state index in [1.165, 1.54) is 12.1 Å². The van der Waals surface area contributed by atoms with Gasteiger partial charge in [-0.1, -0.05) is 62.4 Å². The molecule has 0 amide bonds. The predicted octanol–water partition coefficient (Wildman–Crippen LogP) is 7.11. The number of halogens is 6. The Morgan fingerprint density at radius 1 is 0.750 bits per heavy atom. The highest BCUT2D eigenvalue weighted by Crippen LogP contribution is 2.43. The predicted molar refractivity (Wildman–Crippen MR) is 124 cm³/mol. The second-order valence-electron chi connectivity index (χ2n) is 7.91. The second-order valence-corrected chi connectivity index (χ2v) is 9.52. The van der Waals surface area contributed by atoms with Crippen LogP contribution in [0.25, 0.3) is 0 Å². The average Bonchev–Trinajstić information content (AvgIpc) is 2.85. The van der Waals surface area contributed by atoms with Gasteiger partial charge in [-0.25, -0.2) is 0 Å². The standard InChI is InChI=1S/C26H21F6O3P/c1-3-15-13-14-18(22(33)16-9-6-5-7-10-16)17(4-2)23(15)36(35)24(34)21-19(25(27,28)29)11-8-12-20(21)26(30,31)32/h5-14,36H,3-4H2,1-2H3. The molecule has 0 heterocycles. The number of carbonyl (C=O) groups is 2. The van der Waals surface area contributed by atoms with Crippen LogP contribution in [0.4, 0.5) is 26.3 Å². The third kappa shape index (κ3) is 5.31. The Morgan fingerprint density at radius 2 is 1.31 bits per heavy atom. The summed E-state index contributed by atoms with van der Waals surface area (Å²) in [6.07, 6.45) is -10.3. The number of ketones is 1. The van der Waals surface area contributed by atoms with E-state index in [0.717, 1.165) is 0 Å². The molecule has 3 rings (SSSR count). The van der Waals surface area contributed by atoms with Gasteiger partial charge in [0.15, 0.2) is 13.6 Å². The second kappa shape index (κ2) is 10.4. The van der Waals surface area contributed by atoms with E-state index < -0.39 is 48.2 Å². The maximum Gasteiger partial charge on any atom is 0.417 e. The van der Waals surface area contributed by atoms with Crippen LogP contribution in [-0.2, 0) is 29.8 Å². The number of hydrogen-bond acceptors (Lipinski definition) is 3. The summed E-state index contributed by atoms with van der Waals surface area (Å²) in [6.45, 7) is 3.24. The lowest BCUT2D eigenvalue weighted by Crippen LogP contribution is -2.23. The smallest absolute Gasteiger partial charge is 0.313 e. The minimum absolute atomic E-state index is 0.0772.